The van der Waals surface area contributed by atoms with Gasteiger partial charge in [-0.05, 0) is 50.8 Å². The van der Waals surface area contributed by atoms with E-state index in [1.54, 1.807) is 16.8 Å². The van der Waals surface area contributed by atoms with Crippen molar-refractivity contribution in [2.45, 2.75) is 50.9 Å². The molecule has 0 aliphatic heterocycles. The lowest BCUT2D eigenvalue weighted by Gasteiger charge is -2.26. The van der Waals surface area contributed by atoms with Crippen LogP contribution < -0.4 is 4.74 Å². The Bertz CT molecular complexity index is 1380. The average Bonchev–Trinajstić information content (AvgIpc) is 3.47. The van der Waals surface area contributed by atoms with Gasteiger partial charge in [0.25, 0.3) is 0 Å². The van der Waals surface area contributed by atoms with Crippen LogP contribution in [0.4, 0.5) is 4.39 Å². The molecule has 10 heteroatoms. The molecule has 2 N–H and O–H groups in total. The third-order valence-corrected chi connectivity index (χ3v) is 6.58. The maximum atomic E-state index is 13.3. The van der Waals surface area contributed by atoms with E-state index >= 15 is 0 Å². The highest BCUT2D eigenvalue weighted by Gasteiger charge is 2.25. The first-order valence-corrected chi connectivity index (χ1v) is 11.5. The number of hydrogen-bond donors (Lipinski definition) is 2. The van der Waals surface area contributed by atoms with Gasteiger partial charge in [-0.1, -0.05) is 0 Å². The van der Waals surface area contributed by atoms with Crippen LogP contribution in [0.3, 0.4) is 0 Å². The summed E-state index contributed by atoms with van der Waals surface area (Å²) >= 11 is 0. The van der Waals surface area contributed by atoms with Crippen LogP contribution in [-0.4, -0.2) is 47.3 Å². The number of fused-ring (bicyclic) bond motifs is 1. The molecule has 4 heterocycles. The van der Waals surface area contributed by atoms with Crippen molar-refractivity contribution in [2.75, 3.05) is 6.61 Å². The van der Waals surface area contributed by atoms with Gasteiger partial charge >= 0.3 is 0 Å². The Kier molecular flexibility index (Phi) is 6.19. The van der Waals surface area contributed by atoms with Crippen LogP contribution in [0.2, 0.25) is 0 Å². The fourth-order valence-corrected chi connectivity index (χ4v) is 4.70. The van der Waals surface area contributed by atoms with Crippen molar-refractivity contribution in [3.63, 3.8) is 0 Å². The Morgan fingerprint density at radius 2 is 2.00 bits per heavy atom. The van der Waals surface area contributed by atoms with Gasteiger partial charge in [0.2, 0.25) is 0 Å². The summed E-state index contributed by atoms with van der Waals surface area (Å²) in [5.74, 6) is -0.146. The van der Waals surface area contributed by atoms with Crippen molar-refractivity contribution in [1.29, 1.82) is 5.26 Å². The quantitative estimate of drug-likeness (QED) is 0.437. The van der Waals surface area contributed by atoms with Crippen LogP contribution in [0.25, 0.3) is 16.6 Å². The Labute approximate surface area is 201 Å². The van der Waals surface area contributed by atoms with Crippen LogP contribution in [0.5, 0.6) is 5.75 Å². The second-order valence-corrected chi connectivity index (χ2v) is 8.80. The van der Waals surface area contributed by atoms with Crippen LogP contribution in [0.1, 0.15) is 54.8 Å². The third kappa shape index (κ3) is 4.36. The fraction of sp³-hybridized carbons (Fsp3) is 0.360. The second-order valence-electron chi connectivity index (χ2n) is 8.80. The number of nitrogens with zero attached hydrogens (tertiary/aromatic N) is 6. The summed E-state index contributed by atoms with van der Waals surface area (Å²) in [6.07, 6.45) is 8.27. The summed E-state index contributed by atoms with van der Waals surface area (Å²) in [6.45, 7) is 1.61. The Hall–Kier alpha value is -3.81. The summed E-state index contributed by atoms with van der Waals surface area (Å²) < 4.78 is 23.1. The average molecular weight is 477 g/mol. The third-order valence-electron chi connectivity index (χ3n) is 6.58. The topological polar surface area (TPSA) is 121 Å². The van der Waals surface area contributed by atoms with Gasteiger partial charge in [0.1, 0.15) is 28.7 Å². The van der Waals surface area contributed by atoms with Gasteiger partial charge in [0, 0.05) is 23.0 Å². The van der Waals surface area contributed by atoms with Gasteiger partial charge < -0.3 is 14.9 Å². The first-order chi connectivity index (χ1) is 17.0. The van der Waals surface area contributed by atoms with Crippen molar-refractivity contribution < 1.29 is 19.3 Å². The van der Waals surface area contributed by atoms with E-state index in [0.717, 1.165) is 48.7 Å². The number of pyridine rings is 2. The molecule has 1 aliphatic carbocycles. The Balaban J connectivity index is 1.55. The van der Waals surface area contributed by atoms with E-state index in [-0.39, 0.29) is 12.1 Å². The van der Waals surface area contributed by atoms with E-state index < -0.39 is 18.5 Å². The maximum Gasteiger partial charge on any atom is 0.163 e. The van der Waals surface area contributed by atoms with Crippen molar-refractivity contribution in [3.05, 3.63) is 65.8 Å². The minimum Gasteiger partial charge on any atom is -0.479 e. The monoisotopic (exact) mass is 476 g/mol. The summed E-state index contributed by atoms with van der Waals surface area (Å²) in [7, 11) is 0. The number of ether oxygens (including phenoxy) is 1. The molecular formula is C25H25FN6O3. The smallest absolute Gasteiger partial charge is 0.163 e. The number of nitriles is 1. The Morgan fingerprint density at radius 3 is 2.69 bits per heavy atom. The fourth-order valence-electron chi connectivity index (χ4n) is 4.70. The summed E-state index contributed by atoms with van der Waals surface area (Å²) in [4.78, 5) is 4.03. The number of aromatic nitrogens is 5. The van der Waals surface area contributed by atoms with E-state index in [2.05, 4.69) is 21.3 Å². The van der Waals surface area contributed by atoms with Gasteiger partial charge in [-0.3, -0.25) is 9.67 Å². The number of halogens is 1. The molecule has 0 bridgehead atoms. The molecular weight excluding hydrogens is 451 g/mol. The van der Waals surface area contributed by atoms with Gasteiger partial charge in [0.15, 0.2) is 6.10 Å². The first-order valence-electron chi connectivity index (χ1n) is 11.5. The standard InChI is InChI=1S/C25H25FN6O3/c1-15-21(12-30-32(15)19-3-5-20(34)6-4-19)16-8-23(25-17(9-27)10-29-31(25)13-16)35-24(14-33)22-7-2-18(26)11-28-22/h2,7-8,10-13,19-20,24,33-34H,3-6,14H2,1H3/t19?,20?,24-/m1/s1. The summed E-state index contributed by atoms with van der Waals surface area (Å²) in [6, 6.07) is 6.85. The summed E-state index contributed by atoms with van der Waals surface area (Å²) in [5, 5.41) is 38.4. The van der Waals surface area contributed by atoms with E-state index in [1.165, 1.54) is 18.3 Å². The largest absolute Gasteiger partial charge is 0.479 e. The van der Waals surface area contributed by atoms with Crippen LogP contribution in [-0.2, 0) is 0 Å². The number of rotatable bonds is 6. The number of hydrogen-bond acceptors (Lipinski definition) is 7. The van der Waals surface area contributed by atoms with Crippen LogP contribution in [0, 0.1) is 24.1 Å². The molecule has 0 unspecified atom stereocenters. The molecule has 35 heavy (non-hydrogen) atoms. The predicted octanol–water partition coefficient (Wildman–Crippen LogP) is 3.50. The minimum absolute atomic E-state index is 0.227. The lowest BCUT2D eigenvalue weighted by atomic mass is 9.93. The zero-order valence-electron chi connectivity index (χ0n) is 19.2. The van der Waals surface area contributed by atoms with E-state index in [9.17, 15) is 19.9 Å². The molecule has 0 radical (unpaired) electrons. The van der Waals surface area contributed by atoms with E-state index in [1.807, 2.05) is 17.8 Å². The zero-order valence-corrected chi connectivity index (χ0v) is 19.2. The molecule has 0 aromatic carbocycles. The lowest BCUT2D eigenvalue weighted by molar-refractivity contribution is 0.107. The van der Waals surface area contributed by atoms with Crippen molar-refractivity contribution in [1.82, 2.24) is 24.4 Å². The molecule has 9 nitrogen and oxygen atoms in total. The Morgan fingerprint density at radius 1 is 1.20 bits per heavy atom. The zero-order chi connectivity index (χ0) is 24.5. The van der Waals surface area contributed by atoms with Crippen molar-refractivity contribution in [3.8, 4) is 22.9 Å². The molecule has 180 valence electrons. The first kappa shape index (κ1) is 23.0. The second kappa shape index (κ2) is 9.44. The lowest BCUT2D eigenvalue weighted by Crippen LogP contribution is -2.22. The molecule has 1 saturated carbocycles. The number of aliphatic hydroxyl groups is 2. The normalized spacial score (nSPS) is 18.9. The molecule has 4 aromatic heterocycles. The minimum atomic E-state index is -0.867. The van der Waals surface area contributed by atoms with Gasteiger partial charge in [0.05, 0.1) is 43.0 Å². The highest BCUT2D eigenvalue weighted by atomic mass is 19.1. The molecule has 0 spiro atoms. The van der Waals surface area contributed by atoms with Gasteiger partial charge in [-0.15, -0.1) is 0 Å². The summed E-state index contributed by atoms with van der Waals surface area (Å²) in [5.41, 5.74) is 3.79. The molecule has 1 fully saturated rings. The maximum absolute atomic E-state index is 13.3. The molecule has 1 aliphatic rings. The van der Waals surface area contributed by atoms with Gasteiger partial charge in [-0.25, -0.2) is 8.91 Å². The highest BCUT2D eigenvalue weighted by molar-refractivity contribution is 5.76. The molecule has 1 atom stereocenters. The van der Waals surface area contributed by atoms with Gasteiger partial charge in [-0.2, -0.15) is 15.5 Å². The molecule has 0 saturated heterocycles. The molecule has 5 rings (SSSR count). The van der Waals surface area contributed by atoms with Crippen LogP contribution in [0.15, 0.2) is 43.0 Å². The van der Waals surface area contributed by atoms with E-state index in [0.29, 0.717) is 22.5 Å². The number of aliphatic hydroxyl groups excluding tert-OH is 2. The van der Waals surface area contributed by atoms with Crippen molar-refractivity contribution >= 4 is 5.52 Å². The highest BCUT2D eigenvalue weighted by Crippen LogP contribution is 2.36. The molecule has 4 aromatic rings. The molecule has 0 amide bonds. The van der Waals surface area contributed by atoms with E-state index in [4.69, 9.17) is 4.74 Å². The SMILES string of the molecule is Cc1c(-c2cc(O[C@H](CO)c3ccc(F)cn3)c3c(C#N)cnn3c2)cnn1C1CCC(O)CC1. The predicted molar refractivity (Wildman–Crippen MR) is 124 cm³/mol. The van der Waals surface area contributed by atoms with Crippen LogP contribution >= 0.6 is 0 Å². The van der Waals surface area contributed by atoms with Crippen molar-refractivity contribution in [2.24, 2.45) is 0 Å².